The monoisotopic (exact) mass is 382 g/mol. The molecule has 0 saturated carbocycles. The molecule has 0 aromatic heterocycles. The molecule has 5 heteroatoms. The quantitative estimate of drug-likeness (QED) is 0.299. The maximum absolute atomic E-state index is 10.9. The molecule has 0 fully saturated rings. The molecular weight excluding hydrogens is 349 g/mol. The Morgan fingerprint density at radius 3 is 1.72 bits per heavy atom. The van der Waals surface area contributed by atoms with Crippen LogP contribution in [0.4, 0.5) is 0 Å². The minimum absolute atomic E-state index is 0. The zero-order chi connectivity index (χ0) is 17.8. The van der Waals surface area contributed by atoms with Gasteiger partial charge in [-0.2, -0.15) is 0 Å². The van der Waals surface area contributed by atoms with Crippen molar-refractivity contribution in [1.82, 2.24) is 0 Å². The molecule has 25 heavy (non-hydrogen) atoms. The summed E-state index contributed by atoms with van der Waals surface area (Å²) in [5, 5.41) is 0. The Labute approximate surface area is 177 Å². The Morgan fingerprint density at radius 1 is 0.840 bits per heavy atom. The molecule has 0 bridgehead atoms. The van der Waals surface area contributed by atoms with E-state index in [0.29, 0.717) is 5.92 Å². The van der Waals surface area contributed by atoms with Crippen LogP contribution in [0.15, 0.2) is 29.2 Å². The largest absolute Gasteiger partial charge is 1.00 e. The van der Waals surface area contributed by atoms with Crippen molar-refractivity contribution in [2.45, 2.75) is 95.3 Å². The fourth-order valence-corrected chi connectivity index (χ4v) is 3.54. The van der Waals surface area contributed by atoms with Gasteiger partial charge in [-0.25, -0.2) is 8.42 Å². The van der Waals surface area contributed by atoms with Crippen molar-refractivity contribution < 1.29 is 42.5 Å². The Bertz CT molecular complexity index is 541. The van der Waals surface area contributed by atoms with Gasteiger partial charge < -0.3 is 4.55 Å². The van der Waals surface area contributed by atoms with E-state index in [4.69, 9.17) is 0 Å². The summed E-state index contributed by atoms with van der Waals surface area (Å²) < 4.78 is 32.8. The zero-order valence-electron chi connectivity index (χ0n) is 16.3. The van der Waals surface area contributed by atoms with Crippen LogP contribution in [0.3, 0.4) is 0 Å². The van der Waals surface area contributed by atoms with Gasteiger partial charge in [0.1, 0.15) is 10.1 Å². The molecule has 1 unspecified atom stereocenters. The summed E-state index contributed by atoms with van der Waals surface area (Å²) in [7, 11) is -4.33. The minimum atomic E-state index is -4.33. The smallest absolute Gasteiger partial charge is 0.744 e. The summed E-state index contributed by atoms with van der Waals surface area (Å²) in [6.45, 7) is 4.41. The molecule has 1 aromatic rings. The van der Waals surface area contributed by atoms with Gasteiger partial charge in [-0.3, -0.25) is 0 Å². The number of unbranched alkanes of at least 4 members (excludes halogenated alkanes) is 9. The Balaban J connectivity index is 0.00000576. The van der Waals surface area contributed by atoms with Crippen LogP contribution in [0.25, 0.3) is 0 Å². The van der Waals surface area contributed by atoms with Crippen LogP contribution < -0.4 is 29.6 Å². The van der Waals surface area contributed by atoms with Gasteiger partial charge >= 0.3 is 29.6 Å². The standard InChI is InChI=1S/C20H34O3S.Na/c1-3-4-5-6-7-8-9-10-11-12-13-18(2)19-14-16-20(17-15-19)24(21,22)23;/h14-18H,3-13H2,1-2H3,(H,21,22,23);/q;+1/p-1/i14+1,15+1,16+1,17+1,19+1,20+1;. The van der Waals surface area contributed by atoms with Crippen molar-refractivity contribution in [3.63, 3.8) is 0 Å². The second-order valence-corrected chi connectivity index (χ2v) is 8.27. The van der Waals surface area contributed by atoms with Crippen molar-refractivity contribution in [1.29, 1.82) is 0 Å². The Hall–Kier alpha value is 0.130. The molecule has 0 N–H and O–H groups in total. The maximum atomic E-state index is 10.9. The van der Waals surface area contributed by atoms with E-state index in [2.05, 4.69) is 13.8 Å². The average molecular weight is 382 g/mol. The summed E-state index contributed by atoms with van der Waals surface area (Å²) in [5.41, 5.74) is 1.11. The van der Waals surface area contributed by atoms with Crippen LogP contribution in [0, 0.1) is 0 Å². The van der Waals surface area contributed by atoms with Crippen LogP contribution >= 0.6 is 0 Å². The van der Waals surface area contributed by atoms with E-state index in [0.717, 1.165) is 12.0 Å². The van der Waals surface area contributed by atoms with E-state index < -0.39 is 10.1 Å². The van der Waals surface area contributed by atoms with Gasteiger partial charge in [0, 0.05) is 0 Å². The number of rotatable bonds is 13. The second kappa shape index (κ2) is 14.2. The van der Waals surface area contributed by atoms with Crippen molar-refractivity contribution in [2.24, 2.45) is 0 Å². The minimum Gasteiger partial charge on any atom is -0.744 e. The maximum Gasteiger partial charge on any atom is 1.00 e. The first kappa shape index (κ1) is 25.1. The molecule has 0 aliphatic carbocycles. The molecule has 0 heterocycles. The summed E-state index contributed by atoms with van der Waals surface area (Å²) in [5.74, 6) is 0.405. The molecule has 0 saturated heterocycles. The van der Waals surface area contributed by atoms with Crippen LogP contribution in [0.5, 0.6) is 0 Å². The van der Waals surface area contributed by atoms with Crippen molar-refractivity contribution in [3.05, 3.63) is 29.8 Å². The molecule has 1 rings (SSSR count). The van der Waals surface area contributed by atoms with Gasteiger partial charge in [0.2, 0.25) is 0 Å². The van der Waals surface area contributed by atoms with Crippen LogP contribution in [0.1, 0.15) is 96.0 Å². The first-order chi connectivity index (χ1) is 11.4. The van der Waals surface area contributed by atoms with Gasteiger partial charge in [0.15, 0.2) is 0 Å². The SMILES string of the molecule is CCCCCCCCCCCCC(C)[13c]1[13cH][13cH][13c](S(=O)(=O)[O-])[13cH][13cH]1.[Na+]. The molecule has 3 nitrogen and oxygen atoms in total. The molecule has 0 aliphatic heterocycles. The van der Waals surface area contributed by atoms with Gasteiger partial charge in [-0.1, -0.05) is 90.2 Å². The number of hydrogen-bond donors (Lipinski definition) is 0. The third-order valence-electron chi connectivity index (χ3n) is 4.73. The second-order valence-electron chi connectivity index (χ2n) is 6.89. The fraction of sp³-hybridized carbons (Fsp3) is 0.700. The molecule has 1 aromatic carbocycles. The summed E-state index contributed by atoms with van der Waals surface area (Å²) in [6.07, 6.45) is 14.5. The average Bonchev–Trinajstić information content (AvgIpc) is 2.55. The molecule has 0 spiro atoms. The van der Waals surface area contributed by atoms with E-state index in [9.17, 15) is 13.0 Å². The van der Waals surface area contributed by atoms with Gasteiger partial charge in [0.05, 0.1) is 4.90 Å². The predicted molar refractivity (Wildman–Crippen MR) is 99.3 cm³/mol. The third-order valence-corrected chi connectivity index (χ3v) is 5.58. The summed E-state index contributed by atoms with van der Waals surface area (Å²) >= 11 is 0. The van der Waals surface area contributed by atoms with E-state index in [1.54, 1.807) is 12.1 Å². The van der Waals surface area contributed by atoms with Crippen molar-refractivity contribution in [3.8, 4) is 0 Å². The van der Waals surface area contributed by atoms with Crippen LogP contribution in [0.2, 0.25) is 0 Å². The van der Waals surface area contributed by atoms with Crippen molar-refractivity contribution in [2.75, 3.05) is 0 Å². The van der Waals surface area contributed by atoms with Crippen molar-refractivity contribution >= 4 is 10.1 Å². The van der Waals surface area contributed by atoms with Gasteiger partial charge in [0.25, 0.3) is 0 Å². The fourth-order valence-electron chi connectivity index (χ4n) is 3.07. The molecule has 138 valence electrons. The van der Waals surface area contributed by atoms with E-state index in [1.165, 1.54) is 76.3 Å². The summed E-state index contributed by atoms with van der Waals surface area (Å²) in [6, 6.07) is 6.39. The Kier molecular flexibility index (Phi) is 14.3. The molecule has 0 amide bonds. The number of benzene rings is 1. The van der Waals surface area contributed by atoms with Gasteiger partial charge in [-0.05, 0) is 30.0 Å². The van der Waals surface area contributed by atoms with E-state index >= 15 is 0 Å². The molecular formula is C20H33NaO3S. The first-order valence-electron chi connectivity index (χ1n) is 9.51. The molecule has 0 aliphatic rings. The van der Waals surface area contributed by atoms with E-state index in [1.807, 2.05) is 0 Å². The Morgan fingerprint density at radius 2 is 1.28 bits per heavy atom. The van der Waals surface area contributed by atoms with Gasteiger partial charge in [-0.15, -0.1) is 0 Å². The summed E-state index contributed by atoms with van der Waals surface area (Å²) in [4.78, 5) is -0.141. The van der Waals surface area contributed by atoms with Crippen LogP contribution in [-0.2, 0) is 10.1 Å². The normalized spacial score (nSPS) is 12.6. The first-order valence-corrected chi connectivity index (χ1v) is 10.9. The molecule has 1 atom stereocenters. The van der Waals surface area contributed by atoms with E-state index in [-0.39, 0.29) is 34.5 Å². The number of hydrogen-bond acceptors (Lipinski definition) is 3. The zero-order valence-corrected chi connectivity index (χ0v) is 19.1. The topological polar surface area (TPSA) is 57.2 Å². The van der Waals surface area contributed by atoms with Crippen LogP contribution in [-0.4, -0.2) is 13.0 Å². The third kappa shape index (κ3) is 11.4. The predicted octanol–water partition coefficient (Wildman–Crippen LogP) is 3.01. The molecule has 0 radical (unpaired) electrons.